The average Bonchev–Trinajstić information content (AvgIpc) is 2.26. The molecule has 0 aromatic carbocycles. The number of allylic oxidation sites excluding steroid dienone is 2. The van der Waals surface area contributed by atoms with E-state index < -0.39 is 8.32 Å². The molecule has 2 heteroatoms. The highest BCUT2D eigenvalue weighted by molar-refractivity contribution is 6.73. The van der Waals surface area contributed by atoms with E-state index in [0.29, 0.717) is 0 Å². The summed E-state index contributed by atoms with van der Waals surface area (Å²) in [6.07, 6.45) is 6.20. The van der Waals surface area contributed by atoms with E-state index in [9.17, 15) is 0 Å². The number of hydrogen-bond acceptors (Lipinski definition) is 1. The largest absolute Gasteiger partial charge is 0.547 e. The van der Waals surface area contributed by atoms with Crippen molar-refractivity contribution in [1.82, 2.24) is 0 Å². The van der Waals surface area contributed by atoms with Crippen molar-refractivity contribution in [3.8, 4) is 0 Å². The first kappa shape index (κ1) is 12.8. The third kappa shape index (κ3) is 3.37. The van der Waals surface area contributed by atoms with Gasteiger partial charge >= 0.3 is 0 Å². The van der Waals surface area contributed by atoms with Gasteiger partial charge in [-0.25, -0.2) is 0 Å². The van der Waals surface area contributed by atoms with Gasteiger partial charge in [-0.3, -0.25) is 0 Å². The number of hydrogen-bond donors (Lipinski definition) is 0. The fraction of sp³-hybridized carbons (Fsp3) is 0.846. The monoisotopic (exact) mass is 226 g/mol. The van der Waals surface area contributed by atoms with Crippen LogP contribution in [-0.2, 0) is 4.43 Å². The van der Waals surface area contributed by atoms with E-state index in [1.54, 1.807) is 0 Å². The smallest absolute Gasteiger partial charge is 0.250 e. The molecule has 15 heavy (non-hydrogen) atoms. The summed E-state index contributed by atoms with van der Waals surface area (Å²) in [6.45, 7) is 9.19. The minimum atomic E-state index is -1.40. The topological polar surface area (TPSA) is 9.23 Å². The first-order chi connectivity index (χ1) is 7.15. The molecule has 0 N–H and O–H groups in total. The normalized spacial score (nSPS) is 22.4. The summed E-state index contributed by atoms with van der Waals surface area (Å²) in [5.74, 6) is 2.04. The highest BCUT2D eigenvalue weighted by Gasteiger charge is 2.31. The second-order valence-corrected chi connectivity index (χ2v) is 9.54. The van der Waals surface area contributed by atoms with Crippen LogP contribution >= 0.6 is 0 Å². The Labute approximate surface area is 96.0 Å². The Morgan fingerprint density at radius 3 is 2.33 bits per heavy atom. The third-order valence-corrected chi connectivity index (χ3v) is 8.39. The Bertz CT molecular complexity index is 210. The summed E-state index contributed by atoms with van der Waals surface area (Å²) in [5, 5.41) is 0. The van der Waals surface area contributed by atoms with Gasteiger partial charge in [0.05, 0.1) is 5.76 Å². The molecule has 0 bridgehead atoms. The Balaban J connectivity index is 2.65. The summed E-state index contributed by atoms with van der Waals surface area (Å²) in [5.41, 5.74) is 0. The second kappa shape index (κ2) is 5.74. The lowest BCUT2D eigenvalue weighted by Gasteiger charge is -2.32. The maximum absolute atomic E-state index is 6.40. The van der Waals surface area contributed by atoms with Crippen LogP contribution in [0.5, 0.6) is 0 Å². The quantitative estimate of drug-likeness (QED) is 0.617. The fourth-order valence-corrected chi connectivity index (χ4v) is 5.07. The first-order valence-corrected chi connectivity index (χ1v) is 9.08. The van der Waals surface area contributed by atoms with Crippen molar-refractivity contribution in [3.05, 3.63) is 11.8 Å². The zero-order chi connectivity index (χ0) is 11.3. The molecule has 0 fully saturated rings. The summed E-state index contributed by atoms with van der Waals surface area (Å²) >= 11 is 0. The fourth-order valence-electron chi connectivity index (χ4n) is 2.41. The van der Waals surface area contributed by atoms with Gasteiger partial charge in [0.15, 0.2) is 0 Å². The maximum atomic E-state index is 6.40. The van der Waals surface area contributed by atoms with Crippen molar-refractivity contribution in [2.75, 3.05) is 0 Å². The van der Waals surface area contributed by atoms with Crippen LogP contribution in [0.1, 0.15) is 47.0 Å². The predicted octanol–water partition coefficient (Wildman–Crippen LogP) is 4.71. The molecule has 1 unspecified atom stereocenters. The van der Waals surface area contributed by atoms with Crippen LogP contribution < -0.4 is 0 Å². The molecule has 0 saturated heterocycles. The van der Waals surface area contributed by atoms with Gasteiger partial charge in [-0.05, 0) is 43.0 Å². The lowest BCUT2D eigenvalue weighted by molar-refractivity contribution is 0.352. The molecule has 88 valence electrons. The molecule has 0 heterocycles. The van der Waals surface area contributed by atoms with Crippen LogP contribution in [0.25, 0.3) is 0 Å². The highest BCUT2D eigenvalue weighted by Crippen LogP contribution is 2.30. The molecular weight excluding hydrogens is 200 g/mol. The van der Waals surface area contributed by atoms with Crippen molar-refractivity contribution in [2.45, 2.75) is 65.1 Å². The Kier molecular flexibility index (Phi) is 4.90. The third-order valence-electron chi connectivity index (χ3n) is 3.83. The zero-order valence-electron chi connectivity index (χ0n) is 10.8. The van der Waals surface area contributed by atoms with Crippen molar-refractivity contribution >= 4 is 8.32 Å². The minimum Gasteiger partial charge on any atom is -0.547 e. The first-order valence-electron chi connectivity index (χ1n) is 6.55. The van der Waals surface area contributed by atoms with E-state index in [1.165, 1.54) is 43.2 Å². The van der Waals surface area contributed by atoms with Crippen LogP contribution in [0.15, 0.2) is 11.8 Å². The van der Waals surface area contributed by atoms with E-state index in [0.717, 1.165) is 5.92 Å². The van der Waals surface area contributed by atoms with Crippen molar-refractivity contribution in [1.29, 1.82) is 0 Å². The summed E-state index contributed by atoms with van der Waals surface area (Å²) in [4.78, 5) is 0. The van der Waals surface area contributed by atoms with Crippen LogP contribution in [0, 0.1) is 5.92 Å². The van der Waals surface area contributed by atoms with Crippen LogP contribution in [0.4, 0.5) is 0 Å². The lowest BCUT2D eigenvalue weighted by Crippen LogP contribution is -2.35. The molecule has 1 nitrogen and oxygen atoms in total. The highest BCUT2D eigenvalue weighted by atomic mass is 28.4. The molecule has 1 aliphatic rings. The molecule has 0 aliphatic heterocycles. The van der Waals surface area contributed by atoms with E-state index in [4.69, 9.17) is 4.43 Å². The van der Waals surface area contributed by atoms with Crippen LogP contribution in [0.2, 0.25) is 18.1 Å². The Morgan fingerprint density at radius 1 is 1.27 bits per heavy atom. The van der Waals surface area contributed by atoms with Gasteiger partial charge in [-0.1, -0.05) is 27.7 Å². The Morgan fingerprint density at radius 2 is 1.87 bits per heavy atom. The van der Waals surface area contributed by atoms with Gasteiger partial charge in [-0.15, -0.1) is 0 Å². The molecule has 0 amide bonds. The minimum absolute atomic E-state index is 0.728. The Hall–Kier alpha value is -0.243. The molecule has 1 aliphatic carbocycles. The van der Waals surface area contributed by atoms with Gasteiger partial charge in [0.2, 0.25) is 8.32 Å². The molecule has 0 radical (unpaired) electrons. The van der Waals surface area contributed by atoms with Crippen molar-refractivity contribution in [2.24, 2.45) is 5.92 Å². The summed E-state index contributed by atoms with van der Waals surface area (Å²) < 4.78 is 6.40. The van der Waals surface area contributed by atoms with E-state index in [-0.39, 0.29) is 0 Å². The van der Waals surface area contributed by atoms with Crippen LogP contribution in [0.3, 0.4) is 0 Å². The van der Waals surface area contributed by atoms with E-state index in [1.807, 2.05) is 0 Å². The predicted molar refractivity (Wildman–Crippen MR) is 69.4 cm³/mol. The van der Waals surface area contributed by atoms with Crippen molar-refractivity contribution in [3.63, 3.8) is 0 Å². The zero-order valence-corrected chi connectivity index (χ0v) is 11.8. The van der Waals surface area contributed by atoms with E-state index in [2.05, 4.69) is 33.8 Å². The summed E-state index contributed by atoms with van der Waals surface area (Å²) in [7, 11) is -1.40. The molecule has 0 saturated carbocycles. The average molecular weight is 226 g/mol. The maximum Gasteiger partial charge on any atom is 0.250 e. The molecular formula is C13H26OSi. The molecule has 0 aromatic heterocycles. The van der Waals surface area contributed by atoms with Crippen molar-refractivity contribution < 1.29 is 4.43 Å². The molecule has 1 atom stereocenters. The van der Waals surface area contributed by atoms with Gasteiger partial charge in [0.25, 0.3) is 0 Å². The number of rotatable bonds is 5. The lowest BCUT2D eigenvalue weighted by atomic mass is 9.97. The molecule has 0 spiro atoms. The summed E-state index contributed by atoms with van der Waals surface area (Å²) in [6, 6.07) is 3.77. The van der Waals surface area contributed by atoms with Gasteiger partial charge in [0, 0.05) is 6.42 Å². The second-order valence-electron chi connectivity index (χ2n) is 4.85. The van der Waals surface area contributed by atoms with E-state index >= 15 is 0 Å². The SMILES string of the molecule is CC[Si](CC)(CC)OC1=CC(C)CCC1. The van der Waals surface area contributed by atoms with Crippen LogP contribution in [-0.4, -0.2) is 8.32 Å². The van der Waals surface area contributed by atoms with Gasteiger partial charge < -0.3 is 4.43 Å². The van der Waals surface area contributed by atoms with Gasteiger partial charge in [0.1, 0.15) is 0 Å². The molecule has 0 aromatic rings. The van der Waals surface area contributed by atoms with Gasteiger partial charge in [-0.2, -0.15) is 0 Å². The standard InChI is InChI=1S/C13H26OSi/c1-5-15(6-2,7-3)14-13-10-8-9-12(4)11-13/h11-12H,5-10H2,1-4H3. The molecule has 1 rings (SSSR count).